The van der Waals surface area contributed by atoms with Gasteiger partial charge in [-0.25, -0.2) is 0 Å². The predicted octanol–water partition coefficient (Wildman–Crippen LogP) is 6.21. The van der Waals surface area contributed by atoms with Crippen LogP contribution in [0.5, 0.6) is 0 Å². The van der Waals surface area contributed by atoms with Crippen molar-refractivity contribution in [3.63, 3.8) is 0 Å². The lowest BCUT2D eigenvalue weighted by molar-refractivity contribution is -0.112. The Bertz CT molecular complexity index is 1320. The molecule has 4 rings (SSSR count). The first kappa shape index (κ1) is 22.1. The molecule has 3 aromatic rings. The number of anilines is 1. The molecule has 160 valence electrons. The Hall–Kier alpha value is -3.13. The molecule has 7 heteroatoms. The van der Waals surface area contributed by atoms with Gasteiger partial charge in [0.25, 0.3) is 5.91 Å². The molecular formula is C25H21BrN4OS. The maximum absolute atomic E-state index is 12.7. The third-order valence-electron chi connectivity index (χ3n) is 5.70. The quantitative estimate of drug-likeness (QED) is 0.338. The number of rotatable bonds is 4. The van der Waals surface area contributed by atoms with E-state index in [1.165, 1.54) is 10.4 Å². The highest BCUT2D eigenvalue weighted by molar-refractivity contribution is 9.10. The number of fused-ring (bicyclic) bond motifs is 1. The lowest BCUT2D eigenvalue weighted by Gasteiger charge is -2.10. The van der Waals surface area contributed by atoms with E-state index in [1.807, 2.05) is 38.1 Å². The molecule has 1 aliphatic carbocycles. The molecule has 0 radical (unpaired) electrons. The maximum atomic E-state index is 12.7. The number of nitrogens with zero attached hydrogens (tertiary/aromatic N) is 3. The summed E-state index contributed by atoms with van der Waals surface area (Å²) in [5, 5.41) is 23.2. The average molecular weight is 505 g/mol. The number of hydrogen-bond donors (Lipinski definition) is 1. The predicted molar refractivity (Wildman–Crippen MR) is 131 cm³/mol. The highest BCUT2D eigenvalue weighted by atomic mass is 79.9. The second kappa shape index (κ2) is 9.16. The van der Waals surface area contributed by atoms with Crippen LogP contribution in [0.1, 0.15) is 45.8 Å². The van der Waals surface area contributed by atoms with E-state index in [0.29, 0.717) is 5.69 Å². The molecule has 0 atom stereocenters. The van der Waals surface area contributed by atoms with E-state index in [-0.39, 0.29) is 5.57 Å². The fourth-order valence-electron chi connectivity index (χ4n) is 4.11. The summed E-state index contributed by atoms with van der Waals surface area (Å²) < 4.78 is 2.99. The molecule has 2 aromatic heterocycles. The number of thiophene rings is 1. The van der Waals surface area contributed by atoms with Gasteiger partial charge in [0.05, 0.1) is 5.56 Å². The minimum absolute atomic E-state index is 0.0270. The zero-order chi connectivity index (χ0) is 22.8. The first-order valence-electron chi connectivity index (χ1n) is 10.4. The molecule has 0 saturated carbocycles. The molecule has 2 heterocycles. The summed E-state index contributed by atoms with van der Waals surface area (Å²) in [5.74, 6) is -0.455. The minimum atomic E-state index is -0.455. The Kier molecular flexibility index (Phi) is 6.32. The summed E-state index contributed by atoms with van der Waals surface area (Å²) in [5.41, 5.74) is 5.26. The van der Waals surface area contributed by atoms with Crippen molar-refractivity contribution in [2.75, 3.05) is 5.32 Å². The second-order valence-electron chi connectivity index (χ2n) is 7.80. The van der Waals surface area contributed by atoms with Crippen LogP contribution in [0.15, 0.2) is 40.4 Å². The highest BCUT2D eigenvalue weighted by Gasteiger charge is 2.24. The molecule has 0 spiro atoms. The third-order valence-corrected chi connectivity index (χ3v) is 7.51. The number of nitrogens with one attached hydrogen (secondary N) is 1. The van der Waals surface area contributed by atoms with Gasteiger partial charge in [-0.3, -0.25) is 4.79 Å². The van der Waals surface area contributed by atoms with Crippen molar-refractivity contribution in [3.05, 3.63) is 73.3 Å². The van der Waals surface area contributed by atoms with Gasteiger partial charge < -0.3 is 9.88 Å². The van der Waals surface area contributed by atoms with Crippen LogP contribution in [0.4, 0.5) is 5.69 Å². The molecule has 1 N–H and O–H groups in total. The number of halogens is 1. The van der Waals surface area contributed by atoms with Crippen molar-refractivity contribution in [2.45, 2.75) is 39.5 Å². The average Bonchev–Trinajstić information content (AvgIpc) is 3.28. The SMILES string of the molecule is Cc1cc(C=C(C#N)C(=O)Nc2ccc(Br)cc2)c(C)n1-c1sc2c(c1C#N)CCCC2. The molecule has 0 unspecified atom stereocenters. The van der Waals surface area contributed by atoms with Gasteiger partial charge in [-0.1, -0.05) is 15.9 Å². The molecule has 1 aliphatic rings. The Morgan fingerprint density at radius 3 is 2.59 bits per heavy atom. The van der Waals surface area contributed by atoms with Crippen LogP contribution >= 0.6 is 27.3 Å². The van der Waals surface area contributed by atoms with Crippen LogP contribution in [0.3, 0.4) is 0 Å². The summed E-state index contributed by atoms with van der Waals surface area (Å²) in [6, 6.07) is 13.6. The number of carbonyl (C=O) groups excluding carboxylic acids is 1. The van der Waals surface area contributed by atoms with Gasteiger partial charge in [0.15, 0.2) is 0 Å². The van der Waals surface area contributed by atoms with Gasteiger partial charge in [0.1, 0.15) is 22.7 Å². The van der Waals surface area contributed by atoms with E-state index in [0.717, 1.165) is 57.7 Å². The fourth-order valence-corrected chi connectivity index (χ4v) is 5.82. The molecule has 1 amide bonds. The zero-order valence-electron chi connectivity index (χ0n) is 17.8. The first-order chi connectivity index (χ1) is 15.4. The van der Waals surface area contributed by atoms with Gasteiger partial charge in [-0.2, -0.15) is 10.5 Å². The van der Waals surface area contributed by atoms with E-state index >= 15 is 0 Å². The fraction of sp³-hybridized carbons (Fsp3) is 0.240. The number of amides is 1. The molecule has 5 nitrogen and oxygen atoms in total. The van der Waals surface area contributed by atoms with Crippen LogP contribution < -0.4 is 5.32 Å². The van der Waals surface area contributed by atoms with Crippen molar-refractivity contribution in [1.82, 2.24) is 4.57 Å². The van der Waals surface area contributed by atoms with E-state index in [1.54, 1.807) is 29.5 Å². The molecule has 32 heavy (non-hydrogen) atoms. The number of aromatic nitrogens is 1. The Morgan fingerprint density at radius 2 is 1.91 bits per heavy atom. The van der Waals surface area contributed by atoms with Gasteiger partial charge in [0.2, 0.25) is 0 Å². The lowest BCUT2D eigenvalue weighted by atomic mass is 9.96. The molecule has 0 saturated heterocycles. The van der Waals surface area contributed by atoms with Gasteiger partial charge in [-0.05, 0) is 87.1 Å². The molecule has 0 fully saturated rings. The van der Waals surface area contributed by atoms with Crippen molar-refractivity contribution >= 4 is 44.9 Å². The topological polar surface area (TPSA) is 81.6 Å². The minimum Gasteiger partial charge on any atom is -0.321 e. The van der Waals surface area contributed by atoms with Crippen LogP contribution in [0, 0.1) is 36.5 Å². The zero-order valence-corrected chi connectivity index (χ0v) is 20.2. The van der Waals surface area contributed by atoms with Crippen molar-refractivity contribution in [1.29, 1.82) is 10.5 Å². The van der Waals surface area contributed by atoms with Crippen molar-refractivity contribution in [3.8, 4) is 17.1 Å². The van der Waals surface area contributed by atoms with Crippen molar-refractivity contribution < 1.29 is 4.79 Å². The monoisotopic (exact) mass is 504 g/mol. The van der Waals surface area contributed by atoms with Gasteiger partial charge in [0, 0.05) is 26.4 Å². The standard InChI is InChI=1S/C25H21BrN4OS/c1-15-11-17(12-18(13-27)24(31)29-20-9-7-19(26)8-10-20)16(2)30(15)25-22(14-28)21-5-3-4-6-23(21)32-25/h7-12H,3-6H2,1-2H3,(H,29,31). The van der Waals surface area contributed by atoms with Crippen LogP contribution in [0.2, 0.25) is 0 Å². The van der Waals surface area contributed by atoms with Gasteiger partial charge >= 0.3 is 0 Å². The second-order valence-corrected chi connectivity index (χ2v) is 9.79. The lowest BCUT2D eigenvalue weighted by Crippen LogP contribution is -2.13. The number of benzene rings is 1. The van der Waals surface area contributed by atoms with E-state index in [4.69, 9.17) is 0 Å². The highest BCUT2D eigenvalue weighted by Crippen LogP contribution is 2.38. The summed E-state index contributed by atoms with van der Waals surface area (Å²) >= 11 is 5.05. The summed E-state index contributed by atoms with van der Waals surface area (Å²) in [6.45, 7) is 3.94. The van der Waals surface area contributed by atoms with Crippen LogP contribution in [-0.4, -0.2) is 10.5 Å². The number of aryl methyl sites for hydroxylation is 2. The number of carbonyl (C=O) groups is 1. The van der Waals surface area contributed by atoms with E-state index in [2.05, 4.69) is 31.9 Å². The molecule has 1 aromatic carbocycles. The maximum Gasteiger partial charge on any atom is 0.266 e. The summed E-state index contributed by atoms with van der Waals surface area (Å²) in [7, 11) is 0. The van der Waals surface area contributed by atoms with Crippen LogP contribution in [0.25, 0.3) is 11.1 Å². The Morgan fingerprint density at radius 1 is 1.19 bits per heavy atom. The molecule has 0 bridgehead atoms. The Balaban J connectivity index is 1.70. The molecular weight excluding hydrogens is 484 g/mol. The van der Waals surface area contributed by atoms with E-state index < -0.39 is 5.91 Å². The normalized spacial score (nSPS) is 13.2. The number of hydrogen-bond acceptors (Lipinski definition) is 4. The smallest absolute Gasteiger partial charge is 0.266 e. The first-order valence-corrected chi connectivity index (χ1v) is 12.0. The number of nitriles is 2. The summed E-state index contributed by atoms with van der Waals surface area (Å²) in [4.78, 5) is 14.0. The van der Waals surface area contributed by atoms with E-state index in [9.17, 15) is 15.3 Å². The molecule has 0 aliphatic heterocycles. The third kappa shape index (κ3) is 4.14. The van der Waals surface area contributed by atoms with Crippen molar-refractivity contribution in [2.24, 2.45) is 0 Å². The summed E-state index contributed by atoms with van der Waals surface area (Å²) in [6.07, 6.45) is 5.88. The Labute approximate surface area is 199 Å². The largest absolute Gasteiger partial charge is 0.321 e. The van der Waals surface area contributed by atoms with Crippen LogP contribution in [-0.2, 0) is 17.6 Å². The van der Waals surface area contributed by atoms with Gasteiger partial charge in [-0.15, -0.1) is 11.3 Å².